The molecule has 0 saturated heterocycles. The Morgan fingerprint density at radius 1 is 1.10 bits per heavy atom. The van der Waals surface area contributed by atoms with E-state index in [4.69, 9.17) is 0 Å². The second kappa shape index (κ2) is 4.74. The summed E-state index contributed by atoms with van der Waals surface area (Å²) in [7, 11) is 0. The van der Waals surface area contributed by atoms with E-state index in [1.165, 1.54) is 6.07 Å². The number of hydrogen-bond acceptors (Lipinski definition) is 3. The van der Waals surface area contributed by atoms with E-state index in [1.54, 1.807) is 18.3 Å². The standard InChI is InChI=1S/C16H12N2O2/c1-11-15-8-7-14(18(19)20)9-13(15)10-17-16(11)12-5-3-2-4-6-12/h2-10H,1H3. The van der Waals surface area contributed by atoms with E-state index in [0.29, 0.717) is 0 Å². The molecule has 0 bridgehead atoms. The fourth-order valence-corrected chi connectivity index (χ4v) is 2.36. The predicted octanol–water partition coefficient (Wildman–Crippen LogP) is 4.12. The lowest BCUT2D eigenvalue weighted by molar-refractivity contribution is -0.384. The molecule has 3 aromatic rings. The molecule has 0 unspecified atom stereocenters. The van der Waals surface area contributed by atoms with Crippen LogP contribution in [0.2, 0.25) is 0 Å². The highest BCUT2D eigenvalue weighted by atomic mass is 16.6. The third-order valence-corrected chi connectivity index (χ3v) is 3.39. The van der Waals surface area contributed by atoms with Crippen LogP contribution in [0.25, 0.3) is 22.0 Å². The third-order valence-electron chi connectivity index (χ3n) is 3.39. The number of fused-ring (bicyclic) bond motifs is 1. The lowest BCUT2D eigenvalue weighted by atomic mass is 10.0. The van der Waals surface area contributed by atoms with Crippen LogP contribution in [-0.4, -0.2) is 9.91 Å². The number of non-ortho nitro benzene ring substituents is 1. The van der Waals surface area contributed by atoms with Crippen molar-refractivity contribution in [1.82, 2.24) is 4.98 Å². The van der Waals surface area contributed by atoms with Gasteiger partial charge < -0.3 is 0 Å². The molecule has 0 aliphatic rings. The first kappa shape index (κ1) is 12.3. The van der Waals surface area contributed by atoms with Gasteiger partial charge in [0.1, 0.15) is 0 Å². The summed E-state index contributed by atoms with van der Waals surface area (Å²) in [5.74, 6) is 0. The fraction of sp³-hybridized carbons (Fsp3) is 0.0625. The minimum atomic E-state index is -0.389. The smallest absolute Gasteiger partial charge is 0.258 e. The Labute approximate surface area is 115 Å². The molecule has 0 N–H and O–H groups in total. The van der Waals surface area contributed by atoms with Crippen molar-refractivity contribution in [3.05, 3.63) is 70.4 Å². The zero-order chi connectivity index (χ0) is 14.1. The number of hydrogen-bond donors (Lipinski definition) is 0. The van der Waals surface area contributed by atoms with Gasteiger partial charge in [0.2, 0.25) is 0 Å². The van der Waals surface area contributed by atoms with Crippen LogP contribution in [0, 0.1) is 17.0 Å². The van der Waals surface area contributed by atoms with Crippen molar-refractivity contribution < 1.29 is 4.92 Å². The van der Waals surface area contributed by atoms with Gasteiger partial charge in [0, 0.05) is 29.3 Å². The predicted molar refractivity (Wildman–Crippen MR) is 78.6 cm³/mol. The molecule has 0 fully saturated rings. The van der Waals surface area contributed by atoms with E-state index in [0.717, 1.165) is 27.6 Å². The number of rotatable bonds is 2. The van der Waals surface area contributed by atoms with Gasteiger partial charge in [0.15, 0.2) is 0 Å². The molecule has 1 aromatic heterocycles. The molecular formula is C16H12N2O2. The maximum Gasteiger partial charge on any atom is 0.270 e. The van der Waals surface area contributed by atoms with Gasteiger partial charge in [0.25, 0.3) is 5.69 Å². The number of aryl methyl sites for hydroxylation is 1. The zero-order valence-electron chi connectivity index (χ0n) is 10.9. The Hall–Kier alpha value is -2.75. The second-order valence-corrected chi connectivity index (χ2v) is 4.63. The number of nitro benzene ring substituents is 1. The van der Waals surface area contributed by atoms with Crippen molar-refractivity contribution >= 4 is 16.5 Å². The van der Waals surface area contributed by atoms with Crippen molar-refractivity contribution in [3.8, 4) is 11.3 Å². The highest BCUT2D eigenvalue weighted by Crippen LogP contribution is 2.29. The Morgan fingerprint density at radius 3 is 2.55 bits per heavy atom. The summed E-state index contributed by atoms with van der Waals surface area (Å²) >= 11 is 0. The first-order valence-corrected chi connectivity index (χ1v) is 6.26. The zero-order valence-corrected chi connectivity index (χ0v) is 10.9. The number of benzene rings is 2. The van der Waals surface area contributed by atoms with E-state index in [-0.39, 0.29) is 10.6 Å². The molecule has 98 valence electrons. The van der Waals surface area contributed by atoms with Gasteiger partial charge >= 0.3 is 0 Å². The van der Waals surface area contributed by atoms with E-state index >= 15 is 0 Å². The van der Waals surface area contributed by atoms with Crippen LogP contribution in [0.5, 0.6) is 0 Å². The van der Waals surface area contributed by atoms with E-state index in [9.17, 15) is 10.1 Å². The molecule has 20 heavy (non-hydrogen) atoms. The van der Waals surface area contributed by atoms with Crippen molar-refractivity contribution in [3.63, 3.8) is 0 Å². The summed E-state index contributed by atoms with van der Waals surface area (Å²) in [6, 6.07) is 14.8. The summed E-state index contributed by atoms with van der Waals surface area (Å²) in [6.07, 6.45) is 1.69. The Balaban J connectivity index is 2.22. The number of nitrogens with zero attached hydrogens (tertiary/aromatic N) is 2. The topological polar surface area (TPSA) is 56.0 Å². The van der Waals surface area contributed by atoms with Gasteiger partial charge in [-0.15, -0.1) is 0 Å². The average Bonchev–Trinajstić information content (AvgIpc) is 2.48. The van der Waals surface area contributed by atoms with Gasteiger partial charge in [-0.2, -0.15) is 0 Å². The van der Waals surface area contributed by atoms with Crippen LogP contribution in [0.4, 0.5) is 5.69 Å². The third kappa shape index (κ3) is 2.01. The summed E-state index contributed by atoms with van der Waals surface area (Å²) in [5.41, 5.74) is 3.08. The number of pyridine rings is 1. The van der Waals surface area contributed by atoms with Crippen LogP contribution in [-0.2, 0) is 0 Å². The number of nitro groups is 1. The first-order valence-electron chi connectivity index (χ1n) is 6.26. The summed E-state index contributed by atoms with van der Waals surface area (Å²) in [4.78, 5) is 14.9. The molecule has 2 aromatic carbocycles. The van der Waals surface area contributed by atoms with Crippen LogP contribution < -0.4 is 0 Å². The maximum absolute atomic E-state index is 10.8. The van der Waals surface area contributed by atoms with Gasteiger partial charge in [-0.25, -0.2) is 0 Å². The quantitative estimate of drug-likeness (QED) is 0.516. The first-order chi connectivity index (χ1) is 9.66. The summed E-state index contributed by atoms with van der Waals surface area (Å²) in [6.45, 7) is 1.99. The van der Waals surface area contributed by atoms with Crippen molar-refractivity contribution in [2.45, 2.75) is 6.92 Å². The Morgan fingerprint density at radius 2 is 1.85 bits per heavy atom. The van der Waals surface area contributed by atoms with Crippen molar-refractivity contribution in [2.75, 3.05) is 0 Å². The normalized spacial score (nSPS) is 10.7. The van der Waals surface area contributed by atoms with E-state index < -0.39 is 0 Å². The lowest BCUT2D eigenvalue weighted by Crippen LogP contribution is -1.92. The van der Waals surface area contributed by atoms with Crippen LogP contribution >= 0.6 is 0 Å². The molecule has 0 radical (unpaired) electrons. The van der Waals surface area contributed by atoms with E-state index in [1.807, 2.05) is 37.3 Å². The minimum absolute atomic E-state index is 0.0890. The van der Waals surface area contributed by atoms with Gasteiger partial charge in [0.05, 0.1) is 10.6 Å². The van der Waals surface area contributed by atoms with Crippen LogP contribution in [0.3, 0.4) is 0 Å². The largest absolute Gasteiger partial charge is 0.270 e. The van der Waals surface area contributed by atoms with Crippen molar-refractivity contribution in [1.29, 1.82) is 0 Å². The molecule has 4 heteroatoms. The van der Waals surface area contributed by atoms with Crippen LogP contribution in [0.1, 0.15) is 5.56 Å². The second-order valence-electron chi connectivity index (χ2n) is 4.63. The minimum Gasteiger partial charge on any atom is -0.258 e. The highest BCUT2D eigenvalue weighted by Gasteiger charge is 2.11. The molecule has 4 nitrogen and oxygen atoms in total. The molecular weight excluding hydrogens is 252 g/mol. The molecule has 3 rings (SSSR count). The monoisotopic (exact) mass is 264 g/mol. The molecule has 0 aliphatic heterocycles. The highest BCUT2D eigenvalue weighted by molar-refractivity contribution is 5.90. The van der Waals surface area contributed by atoms with Gasteiger partial charge in [-0.3, -0.25) is 15.1 Å². The molecule has 0 amide bonds. The average molecular weight is 264 g/mol. The summed E-state index contributed by atoms with van der Waals surface area (Å²) < 4.78 is 0. The fourth-order valence-electron chi connectivity index (χ4n) is 2.36. The maximum atomic E-state index is 10.8. The molecule has 0 atom stereocenters. The summed E-state index contributed by atoms with van der Waals surface area (Å²) in [5, 5.41) is 12.6. The molecule has 0 saturated carbocycles. The lowest BCUT2D eigenvalue weighted by Gasteiger charge is -2.08. The Kier molecular flexibility index (Phi) is 2.91. The number of aromatic nitrogens is 1. The van der Waals surface area contributed by atoms with Crippen molar-refractivity contribution in [2.24, 2.45) is 0 Å². The SMILES string of the molecule is Cc1c(-c2ccccc2)ncc2cc([N+](=O)[O-])ccc12. The van der Waals surface area contributed by atoms with Gasteiger partial charge in [-0.05, 0) is 23.9 Å². The van der Waals surface area contributed by atoms with Gasteiger partial charge in [-0.1, -0.05) is 30.3 Å². The molecule has 1 heterocycles. The molecule has 0 aliphatic carbocycles. The molecule has 0 spiro atoms. The Bertz CT molecular complexity index is 798. The van der Waals surface area contributed by atoms with E-state index in [2.05, 4.69) is 4.98 Å². The van der Waals surface area contributed by atoms with Crippen LogP contribution in [0.15, 0.2) is 54.7 Å².